The number of carboxylic acids is 1. The number of aliphatic carboxylic acids is 1. The Morgan fingerprint density at radius 3 is 2.50 bits per heavy atom. The second kappa shape index (κ2) is 3.56. The summed E-state index contributed by atoms with van der Waals surface area (Å²) in [5.74, 6) is -0.730. The van der Waals surface area contributed by atoms with Gasteiger partial charge in [0.1, 0.15) is 6.04 Å². The van der Waals surface area contributed by atoms with E-state index in [1.165, 1.54) is 11.9 Å². The molecule has 4 heteroatoms. The van der Waals surface area contributed by atoms with Crippen LogP contribution in [-0.2, 0) is 9.59 Å². The van der Waals surface area contributed by atoms with Crippen molar-refractivity contribution in [3.05, 3.63) is 0 Å². The molecule has 1 amide bonds. The second-order valence-electron chi connectivity index (χ2n) is 3.24. The maximum Gasteiger partial charge on any atom is 0.326 e. The Labute approximate surface area is 71.2 Å². The Kier molecular flexibility index (Phi) is 2.68. The van der Waals surface area contributed by atoms with Gasteiger partial charge in [-0.25, -0.2) is 4.79 Å². The minimum atomic E-state index is -0.894. The monoisotopic (exact) mass is 171 g/mol. The predicted octanol–water partition coefficient (Wildman–Crippen LogP) is 0.328. The van der Waals surface area contributed by atoms with Crippen LogP contribution in [0.25, 0.3) is 0 Å². The number of amides is 1. The van der Waals surface area contributed by atoms with Crippen LogP contribution < -0.4 is 0 Å². The number of nitrogens with zero attached hydrogens (tertiary/aromatic N) is 1. The molecule has 0 saturated heterocycles. The van der Waals surface area contributed by atoms with Crippen LogP contribution in [0, 0.1) is 5.92 Å². The largest absolute Gasteiger partial charge is 0.480 e. The number of hydrogen-bond donors (Lipinski definition) is 1. The smallest absolute Gasteiger partial charge is 0.326 e. The molecule has 1 aliphatic rings. The second-order valence-corrected chi connectivity index (χ2v) is 3.24. The zero-order chi connectivity index (χ0) is 9.14. The highest BCUT2D eigenvalue weighted by Crippen LogP contribution is 2.31. The van der Waals surface area contributed by atoms with Crippen molar-refractivity contribution in [1.29, 1.82) is 0 Å². The van der Waals surface area contributed by atoms with Crippen molar-refractivity contribution >= 4 is 12.4 Å². The van der Waals surface area contributed by atoms with E-state index in [0.717, 1.165) is 19.3 Å². The molecule has 1 N–H and O–H groups in total. The molecule has 1 unspecified atom stereocenters. The third-order valence-electron chi connectivity index (χ3n) is 2.45. The molecule has 1 fully saturated rings. The maximum absolute atomic E-state index is 10.7. The van der Waals surface area contributed by atoms with Crippen LogP contribution in [-0.4, -0.2) is 35.5 Å². The molecule has 1 atom stereocenters. The first-order valence-corrected chi connectivity index (χ1v) is 4.07. The number of carbonyl (C=O) groups excluding carboxylic acids is 1. The summed E-state index contributed by atoms with van der Waals surface area (Å²) in [5.41, 5.74) is 0. The van der Waals surface area contributed by atoms with Gasteiger partial charge in [0, 0.05) is 7.05 Å². The van der Waals surface area contributed by atoms with E-state index in [0.29, 0.717) is 6.41 Å². The fraction of sp³-hybridized carbons (Fsp3) is 0.750. The van der Waals surface area contributed by atoms with E-state index in [1.54, 1.807) is 0 Å². The molecule has 0 heterocycles. The number of carboxylic acid groups (broad SMARTS) is 1. The Morgan fingerprint density at radius 2 is 2.25 bits per heavy atom. The van der Waals surface area contributed by atoms with Gasteiger partial charge in [-0.2, -0.15) is 0 Å². The number of likely N-dealkylation sites (N-methyl/N-ethyl adjacent to an activating group) is 1. The zero-order valence-electron chi connectivity index (χ0n) is 7.06. The Balaban J connectivity index is 2.59. The molecule has 0 spiro atoms. The normalized spacial score (nSPS) is 19.4. The van der Waals surface area contributed by atoms with Crippen LogP contribution in [0.3, 0.4) is 0 Å². The molecule has 4 nitrogen and oxygen atoms in total. The third-order valence-corrected chi connectivity index (χ3v) is 2.45. The van der Waals surface area contributed by atoms with E-state index in [4.69, 9.17) is 5.11 Å². The van der Waals surface area contributed by atoms with Gasteiger partial charge < -0.3 is 10.0 Å². The number of rotatable bonds is 4. The van der Waals surface area contributed by atoms with Crippen molar-refractivity contribution in [3.63, 3.8) is 0 Å². The number of carbonyl (C=O) groups is 2. The molecule has 0 aromatic rings. The molecule has 68 valence electrons. The topological polar surface area (TPSA) is 57.6 Å². The predicted molar refractivity (Wildman–Crippen MR) is 42.6 cm³/mol. The molecule has 1 aliphatic carbocycles. The molecule has 0 radical (unpaired) electrons. The summed E-state index contributed by atoms with van der Waals surface area (Å²) in [7, 11) is 1.52. The third kappa shape index (κ3) is 1.57. The lowest BCUT2D eigenvalue weighted by Gasteiger charge is -2.34. The van der Waals surface area contributed by atoms with Gasteiger partial charge in [-0.05, 0) is 18.8 Å². The lowest BCUT2D eigenvalue weighted by Crippen LogP contribution is -2.45. The van der Waals surface area contributed by atoms with E-state index in [9.17, 15) is 9.59 Å². The van der Waals surface area contributed by atoms with Crippen molar-refractivity contribution in [2.24, 2.45) is 5.92 Å². The van der Waals surface area contributed by atoms with Crippen LogP contribution in [0.15, 0.2) is 0 Å². The summed E-state index contributed by atoms with van der Waals surface area (Å²) >= 11 is 0. The van der Waals surface area contributed by atoms with Crippen LogP contribution in [0.1, 0.15) is 19.3 Å². The lowest BCUT2D eigenvalue weighted by molar-refractivity contribution is -0.149. The van der Waals surface area contributed by atoms with Gasteiger partial charge in [0.15, 0.2) is 0 Å². The summed E-state index contributed by atoms with van der Waals surface area (Å²) in [5, 5.41) is 8.81. The van der Waals surface area contributed by atoms with Crippen LogP contribution in [0.4, 0.5) is 0 Å². The van der Waals surface area contributed by atoms with Crippen molar-refractivity contribution in [2.75, 3.05) is 7.05 Å². The van der Waals surface area contributed by atoms with Gasteiger partial charge in [0.2, 0.25) is 6.41 Å². The number of hydrogen-bond acceptors (Lipinski definition) is 2. The lowest BCUT2D eigenvalue weighted by atomic mass is 9.79. The Bertz CT molecular complexity index is 189. The van der Waals surface area contributed by atoms with E-state index >= 15 is 0 Å². The first kappa shape index (κ1) is 9.03. The molecule has 0 aromatic heterocycles. The highest BCUT2D eigenvalue weighted by molar-refractivity contribution is 5.76. The van der Waals surface area contributed by atoms with Crippen LogP contribution >= 0.6 is 0 Å². The molecule has 0 bridgehead atoms. The fourth-order valence-corrected chi connectivity index (χ4v) is 1.53. The van der Waals surface area contributed by atoms with Gasteiger partial charge in [-0.15, -0.1) is 0 Å². The average Bonchev–Trinajstić information content (AvgIpc) is 1.94. The average molecular weight is 171 g/mol. The van der Waals surface area contributed by atoms with Crippen molar-refractivity contribution < 1.29 is 14.7 Å². The van der Waals surface area contributed by atoms with E-state index in [1.807, 2.05) is 0 Å². The molecular weight excluding hydrogens is 158 g/mol. The van der Waals surface area contributed by atoms with Crippen molar-refractivity contribution in [3.8, 4) is 0 Å². The molecule has 1 saturated carbocycles. The van der Waals surface area contributed by atoms with Gasteiger partial charge >= 0.3 is 5.97 Å². The molecule has 0 aromatic carbocycles. The fourth-order valence-electron chi connectivity index (χ4n) is 1.53. The highest BCUT2D eigenvalue weighted by Gasteiger charge is 2.34. The molecular formula is C8H13NO3. The van der Waals surface area contributed by atoms with Gasteiger partial charge in [0.25, 0.3) is 0 Å². The van der Waals surface area contributed by atoms with Crippen LogP contribution in [0.2, 0.25) is 0 Å². The van der Waals surface area contributed by atoms with E-state index in [-0.39, 0.29) is 5.92 Å². The standard InChI is InChI=1S/C8H13NO3/c1-9(5-10)7(8(11)12)6-3-2-4-6/h5-7H,2-4H2,1H3,(H,11,12). The van der Waals surface area contributed by atoms with Gasteiger partial charge in [-0.1, -0.05) is 6.42 Å². The Morgan fingerprint density at radius 1 is 1.67 bits per heavy atom. The summed E-state index contributed by atoms with van der Waals surface area (Å²) in [6.07, 6.45) is 3.52. The molecule has 1 rings (SSSR count). The zero-order valence-corrected chi connectivity index (χ0v) is 7.06. The van der Waals surface area contributed by atoms with Crippen molar-refractivity contribution in [1.82, 2.24) is 4.90 Å². The van der Waals surface area contributed by atoms with Gasteiger partial charge in [0.05, 0.1) is 0 Å². The first-order chi connectivity index (χ1) is 5.66. The quantitative estimate of drug-likeness (QED) is 0.620. The minimum absolute atomic E-state index is 0.165. The maximum atomic E-state index is 10.7. The van der Waals surface area contributed by atoms with E-state index in [2.05, 4.69) is 0 Å². The first-order valence-electron chi connectivity index (χ1n) is 4.07. The molecule has 0 aliphatic heterocycles. The van der Waals surface area contributed by atoms with Crippen molar-refractivity contribution in [2.45, 2.75) is 25.3 Å². The van der Waals surface area contributed by atoms with Crippen LogP contribution in [0.5, 0.6) is 0 Å². The van der Waals surface area contributed by atoms with Gasteiger partial charge in [-0.3, -0.25) is 4.79 Å². The SMILES string of the molecule is CN(C=O)C(C(=O)O)C1CCC1. The summed E-state index contributed by atoms with van der Waals surface area (Å²) < 4.78 is 0. The summed E-state index contributed by atoms with van der Waals surface area (Å²) in [6.45, 7) is 0. The molecule has 12 heavy (non-hydrogen) atoms. The highest BCUT2D eigenvalue weighted by atomic mass is 16.4. The summed E-state index contributed by atoms with van der Waals surface area (Å²) in [4.78, 5) is 22.3. The summed E-state index contributed by atoms with van der Waals surface area (Å²) in [6, 6.07) is -0.615. The van der Waals surface area contributed by atoms with E-state index < -0.39 is 12.0 Å². The Hall–Kier alpha value is -1.06. The minimum Gasteiger partial charge on any atom is -0.480 e.